The van der Waals surface area contributed by atoms with Gasteiger partial charge in [-0.25, -0.2) is 0 Å². The van der Waals surface area contributed by atoms with Crippen molar-refractivity contribution in [2.75, 3.05) is 0 Å². The molecule has 1 aliphatic carbocycles. The highest BCUT2D eigenvalue weighted by Crippen LogP contribution is 2.54. The molecule has 51 heavy (non-hydrogen) atoms. The van der Waals surface area contributed by atoms with Crippen LogP contribution < -0.4 is 0 Å². The van der Waals surface area contributed by atoms with Gasteiger partial charge in [-0.2, -0.15) is 0 Å². The number of hydrogen-bond acceptors (Lipinski definition) is 0. The van der Waals surface area contributed by atoms with Crippen molar-refractivity contribution in [1.82, 2.24) is 0 Å². The summed E-state index contributed by atoms with van der Waals surface area (Å²) in [6.45, 7) is 4.75. The Balaban J connectivity index is 1.18. The highest BCUT2D eigenvalue weighted by Gasteiger charge is 2.37. The lowest BCUT2D eigenvalue weighted by Crippen LogP contribution is -2.14. The second-order valence-corrected chi connectivity index (χ2v) is 14.4. The smallest absolute Gasteiger partial charge is 0.0159 e. The first kappa shape index (κ1) is 29.7. The molecule has 0 unspecified atom stereocenters. The Labute approximate surface area is 299 Å². The van der Waals surface area contributed by atoms with Gasteiger partial charge in [0.25, 0.3) is 0 Å². The van der Waals surface area contributed by atoms with E-state index < -0.39 is 0 Å². The molecule has 0 atom stereocenters. The predicted molar refractivity (Wildman–Crippen MR) is 218 cm³/mol. The SMILES string of the molecule is CC1(C)c2cccc(-c3cccc(-c4c5ccccc5c(-c5ccc(-c6ccccc6)cc5)c5ccccc45)c3)c2-c2c1ccc1ccccc21. The minimum atomic E-state index is -0.0795. The van der Waals surface area contributed by atoms with Crippen molar-refractivity contribution < 1.29 is 0 Å². The molecular formula is C51H36. The minimum absolute atomic E-state index is 0.0795. The lowest BCUT2D eigenvalue weighted by Gasteiger charge is -2.22. The molecular weight excluding hydrogens is 613 g/mol. The summed E-state index contributed by atoms with van der Waals surface area (Å²) in [4.78, 5) is 0. The quantitative estimate of drug-likeness (QED) is 0.167. The molecule has 240 valence electrons. The van der Waals surface area contributed by atoms with Gasteiger partial charge in [-0.05, 0) is 105 Å². The molecule has 0 aromatic heterocycles. The van der Waals surface area contributed by atoms with Gasteiger partial charge in [0.2, 0.25) is 0 Å². The van der Waals surface area contributed by atoms with Crippen molar-refractivity contribution in [3.8, 4) is 55.6 Å². The van der Waals surface area contributed by atoms with Gasteiger partial charge in [0.15, 0.2) is 0 Å². The topological polar surface area (TPSA) is 0 Å². The lowest BCUT2D eigenvalue weighted by molar-refractivity contribution is 0.661. The van der Waals surface area contributed by atoms with Crippen LogP contribution in [-0.4, -0.2) is 0 Å². The van der Waals surface area contributed by atoms with E-state index >= 15 is 0 Å². The van der Waals surface area contributed by atoms with Crippen molar-refractivity contribution in [1.29, 1.82) is 0 Å². The molecule has 0 heteroatoms. The van der Waals surface area contributed by atoms with E-state index in [-0.39, 0.29) is 5.41 Å². The first-order chi connectivity index (χ1) is 25.1. The minimum Gasteiger partial charge on any atom is -0.0622 e. The van der Waals surface area contributed by atoms with Crippen molar-refractivity contribution in [2.45, 2.75) is 19.3 Å². The number of benzene rings is 9. The standard InChI is InChI=1S/C51H36/c1-51(2)45-25-13-24-40(50(45)49-39-19-7-6-16-35(39)30-31-46(49)51)37-17-12-18-38(32-37)48-43-22-10-8-20-41(43)47(42-21-9-11-23-44(42)48)36-28-26-34(27-29-36)33-14-4-3-5-15-33/h3-32H,1-2H3. The van der Waals surface area contributed by atoms with E-state index in [2.05, 4.69) is 196 Å². The number of rotatable bonds is 4. The van der Waals surface area contributed by atoms with Crippen molar-refractivity contribution in [3.05, 3.63) is 193 Å². The average Bonchev–Trinajstić information content (AvgIpc) is 3.43. The van der Waals surface area contributed by atoms with Gasteiger partial charge in [0.1, 0.15) is 0 Å². The highest BCUT2D eigenvalue weighted by molar-refractivity contribution is 6.21. The molecule has 9 aromatic carbocycles. The third-order valence-electron chi connectivity index (χ3n) is 11.3. The van der Waals surface area contributed by atoms with Crippen LogP contribution in [0, 0.1) is 0 Å². The second kappa shape index (κ2) is 11.4. The molecule has 9 aromatic rings. The van der Waals surface area contributed by atoms with Crippen LogP contribution in [0.1, 0.15) is 25.0 Å². The van der Waals surface area contributed by atoms with Crippen LogP contribution in [0.15, 0.2) is 182 Å². The summed E-state index contributed by atoms with van der Waals surface area (Å²) in [5, 5.41) is 7.70. The Morgan fingerprint density at radius 2 is 0.784 bits per heavy atom. The number of hydrogen-bond donors (Lipinski definition) is 0. The van der Waals surface area contributed by atoms with Crippen LogP contribution in [0.5, 0.6) is 0 Å². The van der Waals surface area contributed by atoms with Gasteiger partial charge >= 0.3 is 0 Å². The maximum atomic E-state index is 2.42. The maximum absolute atomic E-state index is 2.42. The van der Waals surface area contributed by atoms with Gasteiger partial charge in [0, 0.05) is 5.41 Å². The van der Waals surface area contributed by atoms with E-state index in [0.29, 0.717) is 0 Å². The third-order valence-corrected chi connectivity index (χ3v) is 11.3. The van der Waals surface area contributed by atoms with E-state index in [1.54, 1.807) is 0 Å². The summed E-state index contributed by atoms with van der Waals surface area (Å²) in [5.41, 5.74) is 15.5. The van der Waals surface area contributed by atoms with Crippen LogP contribution in [0.25, 0.3) is 88.0 Å². The maximum Gasteiger partial charge on any atom is 0.0159 e. The Morgan fingerprint density at radius 1 is 0.294 bits per heavy atom. The Kier molecular flexibility index (Phi) is 6.63. The molecule has 0 nitrogen and oxygen atoms in total. The van der Waals surface area contributed by atoms with Crippen molar-refractivity contribution in [3.63, 3.8) is 0 Å². The third kappa shape index (κ3) is 4.53. The van der Waals surface area contributed by atoms with Gasteiger partial charge in [0.05, 0.1) is 0 Å². The van der Waals surface area contributed by atoms with Crippen molar-refractivity contribution >= 4 is 32.3 Å². The zero-order valence-corrected chi connectivity index (χ0v) is 28.8. The fraction of sp³-hybridized carbons (Fsp3) is 0.0588. The van der Waals surface area contributed by atoms with E-state index in [4.69, 9.17) is 0 Å². The molecule has 0 aliphatic heterocycles. The molecule has 0 N–H and O–H groups in total. The Hall–Kier alpha value is -6.24. The summed E-state index contributed by atoms with van der Waals surface area (Å²) in [5.74, 6) is 0. The molecule has 0 heterocycles. The van der Waals surface area contributed by atoms with E-state index in [0.717, 1.165) is 0 Å². The average molecular weight is 649 g/mol. The fourth-order valence-electron chi connectivity index (χ4n) is 8.84. The zero-order valence-electron chi connectivity index (χ0n) is 28.8. The van der Waals surface area contributed by atoms with E-state index in [1.165, 1.54) is 99.1 Å². The molecule has 0 fully saturated rings. The van der Waals surface area contributed by atoms with E-state index in [1.807, 2.05) is 0 Å². The highest BCUT2D eigenvalue weighted by atomic mass is 14.4. The van der Waals surface area contributed by atoms with E-state index in [9.17, 15) is 0 Å². The van der Waals surface area contributed by atoms with Gasteiger partial charge in [-0.1, -0.05) is 190 Å². The Morgan fingerprint density at radius 3 is 1.47 bits per heavy atom. The molecule has 0 radical (unpaired) electrons. The first-order valence-corrected chi connectivity index (χ1v) is 17.9. The summed E-state index contributed by atoms with van der Waals surface area (Å²) in [6, 6.07) is 67.3. The summed E-state index contributed by atoms with van der Waals surface area (Å²) in [6.07, 6.45) is 0. The molecule has 0 saturated heterocycles. The van der Waals surface area contributed by atoms with Crippen LogP contribution in [0.4, 0.5) is 0 Å². The van der Waals surface area contributed by atoms with Crippen LogP contribution in [0.2, 0.25) is 0 Å². The molecule has 0 saturated carbocycles. The largest absolute Gasteiger partial charge is 0.0622 e. The predicted octanol–water partition coefficient (Wildman–Crippen LogP) is 14.1. The van der Waals surface area contributed by atoms with Crippen LogP contribution in [-0.2, 0) is 5.41 Å². The molecule has 0 bridgehead atoms. The zero-order chi connectivity index (χ0) is 34.1. The normalized spacial score (nSPS) is 13.1. The molecule has 1 aliphatic rings. The van der Waals surface area contributed by atoms with Crippen molar-refractivity contribution in [2.24, 2.45) is 0 Å². The lowest BCUT2D eigenvalue weighted by atomic mass is 9.81. The molecule has 0 spiro atoms. The van der Waals surface area contributed by atoms with Gasteiger partial charge in [-0.15, -0.1) is 0 Å². The Bertz CT molecular complexity index is 2740. The first-order valence-electron chi connectivity index (χ1n) is 17.9. The second-order valence-electron chi connectivity index (χ2n) is 14.4. The van der Waals surface area contributed by atoms with Gasteiger partial charge in [-0.3, -0.25) is 0 Å². The fourth-order valence-corrected chi connectivity index (χ4v) is 8.84. The molecule has 10 rings (SSSR count). The molecule has 0 amide bonds. The van der Waals surface area contributed by atoms with Crippen LogP contribution in [0.3, 0.4) is 0 Å². The summed E-state index contributed by atoms with van der Waals surface area (Å²) in [7, 11) is 0. The van der Waals surface area contributed by atoms with Gasteiger partial charge < -0.3 is 0 Å². The summed E-state index contributed by atoms with van der Waals surface area (Å²) < 4.78 is 0. The number of fused-ring (bicyclic) bond motifs is 7. The summed E-state index contributed by atoms with van der Waals surface area (Å²) >= 11 is 0. The van der Waals surface area contributed by atoms with Crippen LogP contribution >= 0.6 is 0 Å². The monoisotopic (exact) mass is 648 g/mol.